The first-order valence-electron chi connectivity index (χ1n) is 12.3. The highest BCUT2D eigenvalue weighted by molar-refractivity contribution is 5.87. The van der Waals surface area contributed by atoms with Crippen LogP contribution in [-0.4, -0.2) is 64.1 Å². The number of hydrazine groups is 1. The fraction of sp³-hybridized carbons (Fsp3) is 0.600. The van der Waals surface area contributed by atoms with Crippen molar-refractivity contribution in [2.45, 2.75) is 65.5 Å². The zero-order chi connectivity index (χ0) is 25.0. The fourth-order valence-corrected chi connectivity index (χ4v) is 3.95. The minimum Gasteiger partial charge on any atom is -0.455 e. The van der Waals surface area contributed by atoms with Gasteiger partial charge in [-0.15, -0.1) is 0 Å². The van der Waals surface area contributed by atoms with Crippen molar-refractivity contribution in [1.29, 1.82) is 0 Å². The van der Waals surface area contributed by atoms with Crippen LogP contribution in [0.4, 0.5) is 5.69 Å². The second-order valence-electron chi connectivity index (χ2n) is 9.95. The molecule has 2 aliphatic rings. The van der Waals surface area contributed by atoms with Crippen molar-refractivity contribution >= 4 is 17.3 Å². The summed E-state index contributed by atoms with van der Waals surface area (Å²) in [7, 11) is 2.16. The zero-order valence-electron chi connectivity index (χ0n) is 21.5. The lowest BCUT2D eigenvalue weighted by molar-refractivity contribution is -0.150. The molecule has 0 amide bonds. The zero-order valence-corrected chi connectivity index (χ0v) is 21.5. The van der Waals surface area contributed by atoms with E-state index in [-0.39, 0.29) is 5.70 Å². The number of hydrogen-bond acceptors (Lipinski definition) is 8. The smallest absolute Gasteiger partial charge is 0.356 e. The molecule has 4 rings (SSSR count). The number of rotatable bonds is 6. The lowest BCUT2D eigenvalue weighted by Gasteiger charge is -2.34. The SMILES string of the molecule is CC.CN1CCN(c2cc(C3CC3)cn3cc(CN(N)/C=C(\N)C(=O)OC(C)(C)C)nc23)CC1. The van der Waals surface area contributed by atoms with E-state index in [1.54, 1.807) is 20.8 Å². The molecule has 0 spiro atoms. The molecule has 4 N–H and O–H groups in total. The summed E-state index contributed by atoms with van der Waals surface area (Å²) in [6.45, 7) is 13.8. The van der Waals surface area contributed by atoms with Crippen LogP contribution < -0.4 is 16.5 Å². The van der Waals surface area contributed by atoms with Crippen LogP contribution in [0, 0.1) is 0 Å². The highest BCUT2D eigenvalue weighted by atomic mass is 16.6. The van der Waals surface area contributed by atoms with Gasteiger partial charge in [-0.2, -0.15) is 0 Å². The lowest BCUT2D eigenvalue weighted by atomic mass is 10.1. The Balaban J connectivity index is 0.00000158. The molecule has 2 aromatic rings. The highest BCUT2D eigenvalue weighted by Crippen LogP contribution is 2.42. The first kappa shape index (κ1) is 25.8. The molecule has 0 aromatic carbocycles. The van der Waals surface area contributed by atoms with Gasteiger partial charge in [-0.25, -0.2) is 15.6 Å². The maximum atomic E-state index is 12.1. The average Bonchev–Trinajstić information content (AvgIpc) is 3.54. The van der Waals surface area contributed by atoms with Gasteiger partial charge in [-0.3, -0.25) is 0 Å². The van der Waals surface area contributed by atoms with E-state index in [1.807, 2.05) is 20.0 Å². The van der Waals surface area contributed by atoms with E-state index < -0.39 is 11.6 Å². The Morgan fingerprint density at radius 3 is 2.44 bits per heavy atom. The number of nitrogens with zero attached hydrogens (tertiary/aromatic N) is 5. The van der Waals surface area contributed by atoms with Gasteiger partial charge in [-0.1, -0.05) is 13.8 Å². The Hall–Kier alpha value is -2.78. The number of esters is 1. The molecule has 2 aromatic heterocycles. The average molecular weight is 472 g/mol. The first-order valence-corrected chi connectivity index (χ1v) is 12.3. The van der Waals surface area contributed by atoms with Gasteiger partial charge in [0.1, 0.15) is 11.3 Å². The van der Waals surface area contributed by atoms with Crippen LogP contribution in [0.5, 0.6) is 0 Å². The Bertz CT molecular complexity index is 1010. The van der Waals surface area contributed by atoms with E-state index >= 15 is 0 Å². The molecule has 188 valence electrons. The Kier molecular flexibility index (Phi) is 8.09. The molecular formula is C25H41N7O2. The van der Waals surface area contributed by atoms with Gasteiger partial charge in [0.05, 0.1) is 17.9 Å². The third kappa shape index (κ3) is 6.64. The van der Waals surface area contributed by atoms with E-state index in [4.69, 9.17) is 21.3 Å². The quantitative estimate of drug-likeness (QED) is 0.287. The number of piperazine rings is 1. The van der Waals surface area contributed by atoms with Gasteiger partial charge in [-0.05, 0) is 58.2 Å². The van der Waals surface area contributed by atoms with Gasteiger partial charge >= 0.3 is 5.97 Å². The van der Waals surface area contributed by atoms with Crippen LogP contribution in [0.2, 0.25) is 0 Å². The van der Waals surface area contributed by atoms with Crippen LogP contribution in [0.15, 0.2) is 30.4 Å². The number of carbonyl (C=O) groups is 1. The molecule has 1 aliphatic heterocycles. The van der Waals surface area contributed by atoms with Crippen LogP contribution >= 0.6 is 0 Å². The minimum atomic E-state index is -0.616. The predicted octanol–water partition coefficient (Wildman–Crippen LogP) is 2.81. The number of hydrogen-bond donors (Lipinski definition) is 2. The van der Waals surface area contributed by atoms with E-state index in [0.29, 0.717) is 12.5 Å². The van der Waals surface area contributed by atoms with Gasteiger partial charge in [0.2, 0.25) is 0 Å². The standard InChI is InChI=1S/C23H35N7O2.C2H6/c1-23(2,3)32-22(31)19(24)15-30(25)14-18-13-29-12-17(16-5-6-16)11-20(21(29)26-18)28-9-7-27(4)8-10-28;1-2/h11-13,15-16H,5-10,14,24-25H2,1-4H3;1-2H3/b19-15-;. The molecule has 9 heteroatoms. The first-order chi connectivity index (χ1) is 16.1. The topological polar surface area (TPSA) is 105 Å². The molecule has 3 heterocycles. The monoisotopic (exact) mass is 471 g/mol. The van der Waals surface area contributed by atoms with Crippen LogP contribution in [0.1, 0.15) is 64.6 Å². The number of aromatic nitrogens is 2. The summed E-state index contributed by atoms with van der Waals surface area (Å²) in [6, 6.07) is 2.32. The van der Waals surface area contributed by atoms with Crippen LogP contribution in [0.3, 0.4) is 0 Å². The number of anilines is 1. The predicted molar refractivity (Wildman–Crippen MR) is 136 cm³/mol. The largest absolute Gasteiger partial charge is 0.455 e. The lowest BCUT2D eigenvalue weighted by Crippen LogP contribution is -2.44. The van der Waals surface area contributed by atoms with Crippen molar-refractivity contribution in [2.24, 2.45) is 11.6 Å². The van der Waals surface area contributed by atoms with Crippen molar-refractivity contribution in [3.05, 3.63) is 41.6 Å². The minimum absolute atomic E-state index is 0.0414. The van der Waals surface area contributed by atoms with E-state index in [9.17, 15) is 4.79 Å². The van der Waals surface area contributed by atoms with Crippen molar-refractivity contribution in [1.82, 2.24) is 19.3 Å². The third-order valence-electron chi connectivity index (χ3n) is 5.78. The second kappa shape index (κ2) is 10.7. The van der Waals surface area contributed by atoms with Crippen LogP contribution in [0.25, 0.3) is 5.65 Å². The van der Waals surface area contributed by atoms with Crippen molar-refractivity contribution in [3.8, 4) is 0 Å². The molecule has 1 aliphatic carbocycles. The summed E-state index contributed by atoms with van der Waals surface area (Å²) < 4.78 is 7.40. The van der Waals surface area contributed by atoms with E-state index in [1.165, 1.54) is 35.3 Å². The van der Waals surface area contributed by atoms with Gasteiger partial charge in [0.25, 0.3) is 0 Å². The third-order valence-corrected chi connectivity index (χ3v) is 5.78. The molecule has 0 atom stereocenters. The molecule has 1 saturated carbocycles. The molecule has 0 bridgehead atoms. The summed E-state index contributed by atoms with van der Waals surface area (Å²) >= 11 is 0. The number of likely N-dealkylation sites (N-methyl/N-ethyl adjacent to an activating group) is 1. The normalized spacial score (nSPS) is 17.4. The molecule has 2 fully saturated rings. The molecule has 9 nitrogen and oxygen atoms in total. The highest BCUT2D eigenvalue weighted by Gasteiger charge is 2.27. The fourth-order valence-electron chi connectivity index (χ4n) is 3.95. The second-order valence-corrected chi connectivity index (χ2v) is 9.95. The number of pyridine rings is 1. The molecule has 34 heavy (non-hydrogen) atoms. The summed E-state index contributed by atoms with van der Waals surface area (Å²) in [5.41, 5.74) is 9.52. The number of fused-ring (bicyclic) bond motifs is 1. The Morgan fingerprint density at radius 1 is 1.21 bits per heavy atom. The van der Waals surface area contributed by atoms with Crippen molar-refractivity contribution in [3.63, 3.8) is 0 Å². The summed E-state index contributed by atoms with van der Waals surface area (Å²) in [6.07, 6.45) is 8.10. The van der Waals surface area contributed by atoms with Crippen molar-refractivity contribution in [2.75, 3.05) is 38.1 Å². The summed E-state index contributed by atoms with van der Waals surface area (Å²) in [4.78, 5) is 21.8. The Morgan fingerprint density at radius 2 is 1.85 bits per heavy atom. The van der Waals surface area contributed by atoms with Crippen LogP contribution in [-0.2, 0) is 16.1 Å². The van der Waals surface area contributed by atoms with Gasteiger partial charge in [0.15, 0.2) is 5.65 Å². The Labute approximate surface area is 203 Å². The number of imidazole rings is 1. The summed E-state index contributed by atoms with van der Waals surface area (Å²) in [5.74, 6) is 6.18. The maximum Gasteiger partial charge on any atom is 0.356 e. The van der Waals surface area contributed by atoms with Gasteiger partial charge < -0.3 is 29.7 Å². The number of nitrogens with two attached hydrogens (primary N) is 2. The van der Waals surface area contributed by atoms with E-state index in [0.717, 1.165) is 37.5 Å². The van der Waals surface area contributed by atoms with Crippen molar-refractivity contribution < 1.29 is 9.53 Å². The molecule has 0 unspecified atom stereocenters. The summed E-state index contributed by atoms with van der Waals surface area (Å²) in [5, 5.41) is 1.37. The number of carbonyl (C=O) groups excluding carboxylic acids is 1. The van der Waals surface area contributed by atoms with E-state index in [2.05, 4.69) is 33.5 Å². The number of ether oxygens (including phenoxy) is 1. The molecule has 0 radical (unpaired) electrons. The molecular weight excluding hydrogens is 430 g/mol. The van der Waals surface area contributed by atoms with Gasteiger partial charge in [0, 0.05) is 44.8 Å². The maximum absolute atomic E-state index is 12.1. The molecule has 1 saturated heterocycles.